The lowest BCUT2D eigenvalue weighted by molar-refractivity contribution is -0.244. The molecule has 1 amide bonds. The van der Waals surface area contributed by atoms with Crippen molar-refractivity contribution in [3.8, 4) is 0 Å². The fraction of sp³-hybridized carbons (Fsp3) is 0.278. The molecule has 1 fully saturated rings. The molecule has 0 bridgehead atoms. The Morgan fingerprint density at radius 1 is 1.26 bits per heavy atom. The number of nitrogens with one attached hydrogen (secondary N) is 1. The van der Waals surface area contributed by atoms with Crippen LogP contribution in [-0.2, 0) is 16.4 Å². The fourth-order valence-corrected chi connectivity index (χ4v) is 2.93. The number of benzene rings is 2. The highest BCUT2D eigenvalue weighted by atomic mass is 79.9. The van der Waals surface area contributed by atoms with Crippen molar-refractivity contribution in [1.29, 1.82) is 0 Å². The monoisotopic (exact) mass is 375 g/mol. The van der Waals surface area contributed by atoms with E-state index in [9.17, 15) is 4.79 Å². The van der Waals surface area contributed by atoms with Crippen LogP contribution in [0.4, 0.5) is 10.5 Å². The largest absolute Gasteiger partial charge is 0.443 e. The van der Waals surface area contributed by atoms with Gasteiger partial charge in [-0.25, -0.2) is 4.79 Å². The summed E-state index contributed by atoms with van der Waals surface area (Å²) in [7, 11) is 0. The number of halogens is 1. The van der Waals surface area contributed by atoms with Crippen molar-refractivity contribution in [3.05, 3.63) is 63.6 Å². The quantitative estimate of drug-likeness (QED) is 0.568. The topological polar surface area (TPSA) is 47.6 Å². The van der Waals surface area contributed by atoms with Crippen LogP contribution in [0.3, 0.4) is 0 Å². The summed E-state index contributed by atoms with van der Waals surface area (Å²) in [6.45, 7) is 2.31. The molecule has 0 unspecified atom stereocenters. The van der Waals surface area contributed by atoms with E-state index in [4.69, 9.17) is 9.78 Å². The van der Waals surface area contributed by atoms with Crippen molar-refractivity contribution in [2.24, 2.45) is 0 Å². The number of hydrogen-bond donors (Lipinski definition) is 1. The minimum Gasteiger partial charge on any atom is -0.289 e. The summed E-state index contributed by atoms with van der Waals surface area (Å²) in [6, 6.07) is 13.4. The molecule has 120 valence electrons. The van der Waals surface area contributed by atoms with Crippen molar-refractivity contribution < 1.29 is 14.6 Å². The highest BCUT2D eigenvalue weighted by Gasteiger charge is 2.26. The van der Waals surface area contributed by atoms with Gasteiger partial charge in [-0.05, 0) is 54.5 Å². The van der Waals surface area contributed by atoms with Crippen LogP contribution in [0.5, 0.6) is 0 Å². The third-order valence-corrected chi connectivity index (χ3v) is 4.67. The summed E-state index contributed by atoms with van der Waals surface area (Å²) >= 11 is 3.54. The summed E-state index contributed by atoms with van der Waals surface area (Å²) in [5, 5.41) is 2.70. The molecule has 23 heavy (non-hydrogen) atoms. The zero-order valence-electron chi connectivity index (χ0n) is 12.8. The lowest BCUT2D eigenvalue weighted by Gasteiger charge is -2.11. The van der Waals surface area contributed by atoms with Gasteiger partial charge in [0.1, 0.15) is 6.61 Å². The van der Waals surface area contributed by atoms with Gasteiger partial charge in [0.05, 0.1) is 0 Å². The first kappa shape index (κ1) is 16.0. The Morgan fingerprint density at radius 3 is 2.70 bits per heavy atom. The normalized spacial score (nSPS) is 13.7. The lowest BCUT2D eigenvalue weighted by atomic mass is 10.0. The maximum Gasteiger partial charge on any atom is 0.443 e. The average Bonchev–Trinajstić information content (AvgIpc) is 3.36. The smallest absolute Gasteiger partial charge is 0.289 e. The van der Waals surface area contributed by atoms with Gasteiger partial charge in [-0.1, -0.05) is 46.3 Å². The van der Waals surface area contributed by atoms with Gasteiger partial charge >= 0.3 is 6.09 Å². The highest BCUT2D eigenvalue weighted by Crippen LogP contribution is 2.44. The maximum absolute atomic E-state index is 11.8. The number of rotatable bonds is 5. The van der Waals surface area contributed by atoms with Gasteiger partial charge in [-0.15, -0.1) is 0 Å². The zero-order chi connectivity index (χ0) is 16.2. The molecule has 4 nitrogen and oxygen atoms in total. The zero-order valence-corrected chi connectivity index (χ0v) is 14.4. The minimum atomic E-state index is -0.626. The van der Waals surface area contributed by atoms with Crippen molar-refractivity contribution in [3.63, 3.8) is 0 Å². The first-order valence-corrected chi connectivity index (χ1v) is 8.37. The Morgan fingerprint density at radius 2 is 2.00 bits per heavy atom. The molecule has 1 aliphatic rings. The second kappa shape index (κ2) is 7.15. The van der Waals surface area contributed by atoms with E-state index in [2.05, 4.69) is 28.2 Å². The molecule has 0 radical (unpaired) electrons. The molecule has 5 heteroatoms. The molecule has 1 saturated carbocycles. The standard InChI is InChI=1S/C18H18BrNO3/c1-12-16(14-7-8-14)9-15(10-17(12)19)20-18(21)23-22-11-13-5-3-2-4-6-13/h2-6,9-10,14H,7-8,11H2,1H3,(H,20,21). The summed E-state index contributed by atoms with van der Waals surface area (Å²) < 4.78 is 0.988. The van der Waals surface area contributed by atoms with E-state index in [1.54, 1.807) is 0 Å². The van der Waals surface area contributed by atoms with Gasteiger partial charge in [0.15, 0.2) is 0 Å². The van der Waals surface area contributed by atoms with Crippen molar-refractivity contribution in [2.45, 2.75) is 32.3 Å². The number of amides is 1. The minimum absolute atomic E-state index is 0.221. The molecule has 2 aromatic carbocycles. The molecule has 2 aromatic rings. The second-order valence-corrected chi connectivity index (χ2v) is 6.54. The maximum atomic E-state index is 11.8. The van der Waals surface area contributed by atoms with Gasteiger partial charge in [0, 0.05) is 10.2 Å². The van der Waals surface area contributed by atoms with Gasteiger partial charge in [-0.3, -0.25) is 10.2 Å². The summed E-state index contributed by atoms with van der Waals surface area (Å²) in [6.07, 6.45) is 1.79. The van der Waals surface area contributed by atoms with Gasteiger partial charge in [0.2, 0.25) is 0 Å². The third kappa shape index (κ3) is 4.33. The van der Waals surface area contributed by atoms with Crippen LogP contribution in [0.25, 0.3) is 0 Å². The SMILES string of the molecule is Cc1c(Br)cc(NC(=O)OOCc2ccccc2)cc1C1CC1. The summed E-state index contributed by atoms with van der Waals surface area (Å²) in [5.74, 6) is 0.610. The second-order valence-electron chi connectivity index (χ2n) is 5.69. The Balaban J connectivity index is 1.55. The number of carbonyl (C=O) groups excluding carboxylic acids is 1. The van der Waals surface area contributed by atoms with Crippen LogP contribution in [0.2, 0.25) is 0 Å². The van der Waals surface area contributed by atoms with Crippen LogP contribution in [0.1, 0.15) is 35.4 Å². The van der Waals surface area contributed by atoms with Crippen LogP contribution < -0.4 is 5.32 Å². The Labute approximate surface area is 143 Å². The fourth-order valence-electron chi connectivity index (χ4n) is 2.45. The molecule has 1 aliphatic carbocycles. The van der Waals surface area contributed by atoms with E-state index in [0.717, 1.165) is 10.0 Å². The molecule has 0 heterocycles. The predicted octanol–water partition coefficient (Wildman–Crippen LogP) is 5.32. The average molecular weight is 376 g/mol. The first-order valence-electron chi connectivity index (χ1n) is 7.58. The van der Waals surface area contributed by atoms with Gasteiger partial charge in [-0.2, -0.15) is 4.89 Å². The molecule has 1 N–H and O–H groups in total. The van der Waals surface area contributed by atoms with Crippen molar-refractivity contribution in [1.82, 2.24) is 0 Å². The van der Waals surface area contributed by atoms with E-state index in [1.807, 2.05) is 42.5 Å². The molecule has 0 spiro atoms. The first-order chi connectivity index (χ1) is 11.1. The van der Waals surface area contributed by atoms with Crippen LogP contribution in [0, 0.1) is 6.92 Å². The van der Waals surface area contributed by atoms with E-state index < -0.39 is 6.09 Å². The van der Waals surface area contributed by atoms with E-state index in [1.165, 1.54) is 24.0 Å². The summed E-state index contributed by atoms with van der Waals surface area (Å²) in [4.78, 5) is 21.6. The van der Waals surface area contributed by atoms with Gasteiger partial charge in [0.25, 0.3) is 0 Å². The van der Waals surface area contributed by atoms with Crippen LogP contribution >= 0.6 is 15.9 Å². The third-order valence-electron chi connectivity index (χ3n) is 3.85. The number of anilines is 1. The Hall–Kier alpha value is -1.85. The predicted molar refractivity (Wildman–Crippen MR) is 92.2 cm³/mol. The van der Waals surface area contributed by atoms with Crippen LogP contribution in [-0.4, -0.2) is 6.09 Å². The molecule has 0 atom stereocenters. The number of carbonyl (C=O) groups is 1. The number of hydrogen-bond acceptors (Lipinski definition) is 3. The molecule has 0 saturated heterocycles. The van der Waals surface area contributed by atoms with Crippen molar-refractivity contribution in [2.75, 3.05) is 5.32 Å². The van der Waals surface area contributed by atoms with E-state index >= 15 is 0 Å². The molecular formula is C18H18BrNO3. The molecule has 3 rings (SSSR count). The van der Waals surface area contributed by atoms with Crippen LogP contribution in [0.15, 0.2) is 46.9 Å². The molecule has 0 aromatic heterocycles. The Bertz CT molecular complexity index is 699. The Kier molecular flexibility index (Phi) is 4.98. The van der Waals surface area contributed by atoms with Crippen molar-refractivity contribution >= 4 is 27.7 Å². The van der Waals surface area contributed by atoms with E-state index in [0.29, 0.717) is 11.6 Å². The molecule has 0 aliphatic heterocycles. The van der Waals surface area contributed by atoms with Gasteiger partial charge < -0.3 is 0 Å². The lowest BCUT2D eigenvalue weighted by Crippen LogP contribution is -2.14. The highest BCUT2D eigenvalue weighted by molar-refractivity contribution is 9.10. The molecular weight excluding hydrogens is 358 g/mol. The van der Waals surface area contributed by atoms with E-state index in [-0.39, 0.29) is 6.61 Å². The summed E-state index contributed by atoms with van der Waals surface area (Å²) in [5.41, 5.74) is 4.15.